The van der Waals surface area contributed by atoms with E-state index in [2.05, 4.69) is 27.7 Å². The van der Waals surface area contributed by atoms with Crippen molar-refractivity contribution in [1.82, 2.24) is 0 Å². The minimum atomic E-state index is -0.167. The van der Waals surface area contributed by atoms with Crippen molar-refractivity contribution in [3.63, 3.8) is 0 Å². The van der Waals surface area contributed by atoms with Crippen LogP contribution in [0.15, 0.2) is 0 Å². The van der Waals surface area contributed by atoms with Crippen LogP contribution in [0.5, 0.6) is 0 Å². The molecule has 11 atom stereocenters. The zero-order valence-electron chi connectivity index (χ0n) is 20.2. The van der Waals surface area contributed by atoms with E-state index < -0.39 is 0 Å². The number of aliphatic hydroxyl groups excluding tert-OH is 2. The molecule has 4 fully saturated rings. The number of rotatable bonds is 6. The first kappa shape index (κ1) is 23.1. The summed E-state index contributed by atoms with van der Waals surface area (Å²) in [5.41, 5.74) is 6.46. The zero-order chi connectivity index (χ0) is 21.7. The Morgan fingerprint density at radius 2 is 1.63 bits per heavy atom. The summed E-state index contributed by atoms with van der Waals surface area (Å²) in [5.74, 6) is 4.27. The van der Waals surface area contributed by atoms with Crippen LogP contribution in [0, 0.1) is 52.3 Å². The molecule has 4 aliphatic rings. The molecule has 4 aliphatic carbocycles. The SMILES string of the molecule is CC[C@H]1[C@@H](O)[C@@H]2[C@H](CC[C@]3(C)C([C@H](C)CCCCN)CC[C@@H]23)[C@@]2(C)CC[C@@H](O)C[C@@H]12. The van der Waals surface area contributed by atoms with Gasteiger partial charge in [0.15, 0.2) is 0 Å². The number of fused-ring (bicyclic) bond motifs is 5. The maximum Gasteiger partial charge on any atom is 0.0605 e. The molecule has 4 rings (SSSR count). The highest BCUT2D eigenvalue weighted by atomic mass is 16.3. The van der Waals surface area contributed by atoms with E-state index >= 15 is 0 Å². The topological polar surface area (TPSA) is 66.5 Å². The van der Waals surface area contributed by atoms with Gasteiger partial charge in [-0.1, -0.05) is 47.0 Å². The molecule has 30 heavy (non-hydrogen) atoms. The lowest BCUT2D eigenvalue weighted by atomic mass is 9.41. The van der Waals surface area contributed by atoms with Crippen LogP contribution in [-0.4, -0.2) is 29.0 Å². The van der Waals surface area contributed by atoms with Crippen molar-refractivity contribution in [3.8, 4) is 0 Å². The van der Waals surface area contributed by atoms with Gasteiger partial charge in [-0.25, -0.2) is 0 Å². The maximum absolute atomic E-state index is 11.8. The Kier molecular flexibility index (Phi) is 6.66. The fraction of sp³-hybridized carbons (Fsp3) is 1.00. The van der Waals surface area contributed by atoms with E-state index in [1.807, 2.05) is 0 Å². The van der Waals surface area contributed by atoms with Crippen LogP contribution in [0.4, 0.5) is 0 Å². The largest absolute Gasteiger partial charge is 0.393 e. The first-order valence-electron chi connectivity index (χ1n) is 13.3. The van der Waals surface area contributed by atoms with Gasteiger partial charge in [0, 0.05) is 0 Å². The van der Waals surface area contributed by atoms with E-state index in [1.54, 1.807) is 0 Å². The predicted molar refractivity (Wildman–Crippen MR) is 124 cm³/mol. The lowest BCUT2D eigenvalue weighted by Gasteiger charge is -2.64. The van der Waals surface area contributed by atoms with Crippen LogP contribution in [-0.2, 0) is 0 Å². The van der Waals surface area contributed by atoms with Crippen LogP contribution < -0.4 is 5.73 Å². The van der Waals surface area contributed by atoms with Crippen LogP contribution in [0.3, 0.4) is 0 Å². The Morgan fingerprint density at radius 1 is 0.933 bits per heavy atom. The smallest absolute Gasteiger partial charge is 0.0605 e. The summed E-state index contributed by atoms with van der Waals surface area (Å²) in [7, 11) is 0. The van der Waals surface area contributed by atoms with Crippen LogP contribution in [0.1, 0.15) is 98.3 Å². The summed E-state index contributed by atoms with van der Waals surface area (Å²) >= 11 is 0. The van der Waals surface area contributed by atoms with E-state index in [9.17, 15) is 10.2 Å². The summed E-state index contributed by atoms with van der Waals surface area (Å²) < 4.78 is 0. The van der Waals surface area contributed by atoms with Gasteiger partial charge in [-0.3, -0.25) is 0 Å². The van der Waals surface area contributed by atoms with Gasteiger partial charge in [-0.15, -0.1) is 0 Å². The molecule has 0 amide bonds. The molecule has 0 aromatic carbocycles. The molecule has 4 N–H and O–H groups in total. The lowest BCUT2D eigenvalue weighted by Crippen LogP contribution is -2.62. The third kappa shape index (κ3) is 3.50. The van der Waals surface area contributed by atoms with Crippen molar-refractivity contribution in [2.24, 2.45) is 58.0 Å². The zero-order valence-corrected chi connectivity index (χ0v) is 20.2. The van der Waals surface area contributed by atoms with Crippen LogP contribution >= 0.6 is 0 Å². The van der Waals surface area contributed by atoms with Crippen molar-refractivity contribution in [2.45, 2.75) is 111 Å². The highest BCUT2D eigenvalue weighted by Crippen LogP contribution is 2.69. The van der Waals surface area contributed by atoms with Crippen LogP contribution in [0.2, 0.25) is 0 Å². The Balaban J connectivity index is 1.59. The Hall–Kier alpha value is -0.120. The average Bonchev–Trinajstić information content (AvgIpc) is 3.07. The van der Waals surface area contributed by atoms with Gasteiger partial charge in [-0.05, 0) is 110 Å². The highest BCUT2D eigenvalue weighted by Gasteiger charge is 2.64. The summed E-state index contributed by atoms with van der Waals surface area (Å²) in [6, 6.07) is 0. The number of aliphatic hydroxyl groups is 2. The standard InChI is InChI=1S/C27H49NO2/c1-5-19-23-16-18(29)11-13-27(23,4)22-12-14-26(3)20(17(2)8-6-7-15-28)9-10-21(26)24(22)25(19)30/h17-25,29-30H,5-16,28H2,1-4H3/t17-,18-,19-,20?,21+,22+,23+,24+,25-,26-,27-/m1/s1. The molecule has 174 valence electrons. The Labute approximate surface area is 185 Å². The van der Waals surface area contributed by atoms with Gasteiger partial charge in [0.1, 0.15) is 0 Å². The molecule has 1 unspecified atom stereocenters. The van der Waals surface area contributed by atoms with Crippen molar-refractivity contribution in [2.75, 3.05) is 6.54 Å². The Morgan fingerprint density at radius 3 is 2.33 bits per heavy atom. The molecule has 4 saturated carbocycles. The Bertz CT molecular complexity index is 595. The molecule has 0 bridgehead atoms. The van der Waals surface area contributed by atoms with Gasteiger partial charge in [0.05, 0.1) is 12.2 Å². The van der Waals surface area contributed by atoms with Crippen molar-refractivity contribution in [3.05, 3.63) is 0 Å². The molecular formula is C27H49NO2. The normalized spacial score (nSPS) is 51.7. The maximum atomic E-state index is 11.8. The minimum absolute atomic E-state index is 0.153. The molecule has 0 aromatic rings. The predicted octanol–water partition coefficient (Wildman–Crippen LogP) is 5.38. The summed E-state index contributed by atoms with van der Waals surface area (Å²) in [6.07, 6.45) is 12.8. The summed E-state index contributed by atoms with van der Waals surface area (Å²) in [5, 5.41) is 22.2. The molecular weight excluding hydrogens is 370 g/mol. The third-order valence-electron chi connectivity index (χ3n) is 11.3. The van der Waals surface area contributed by atoms with Gasteiger partial charge in [0.2, 0.25) is 0 Å². The van der Waals surface area contributed by atoms with Gasteiger partial charge < -0.3 is 15.9 Å². The first-order chi connectivity index (χ1) is 14.3. The number of hydrogen-bond donors (Lipinski definition) is 3. The molecule has 0 aromatic heterocycles. The fourth-order valence-corrected chi connectivity index (χ4v) is 9.74. The van der Waals surface area contributed by atoms with E-state index in [0.717, 1.165) is 50.5 Å². The lowest BCUT2D eigenvalue weighted by molar-refractivity contribution is -0.203. The molecule has 0 spiro atoms. The minimum Gasteiger partial charge on any atom is -0.393 e. The molecule has 0 radical (unpaired) electrons. The molecule has 0 heterocycles. The van der Waals surface area contributed by atoms with E-state index in [4.69, 9.17) is 5.73 Å². The molecule has 3 nitrogen and oxygen atoms in total. The fourth-order valence-electron chi connectivity index (χ4n) is 9.74. The molecule has 3 heteroatoms. The van der Waals surface area contributed by atoms with Crippen molar-refractivity contribution < 1.29 is 10.2 Å². The first-order valence-corrected chi connectivity index (χ1v) is 13.3. The second-order valence-corrected chi connectivity index (χ2v) is 12.4. The van der Waals surface area contributed by atoms with E-state index in [-0.39, 0.29) is 12.2 Å². The second-order valence-electron chi connectivity index (χ2n) is 12.4. The average molecular weight is 420 g/mol. The van der Waals surface area contributed by atoms with Gasteiger partial charge >= 0.3 is 0 Å². The highest BCUT2D eigenvalue weighted by molar-refractivity contribution is 5.13. The number of hydrogen-bond acceptors (Lipinski definition) is 3. The van der Waals surface area contributed by atoms with Crippen molar-refractivity contribution >= 4 is 0 Å². The van der Waals surface area contributed by atoms with Gasteiger partial charge in [0.25, 0.3) is 0 Å². The van der Waals surface area contributed by atoms with Crippen LogP contribution in [0.25, 0.3) is 0 Å². The summed E-state index contributed by atoms with van der Waals surface area (Å²) in [4.78, 5) is 0. The summed E-state index contributed by atoms with van der Waals surface area (Å²) in [6.45, 7) is 10.7. The number of unbranched alkanes of at least 4 members (excludes halogenated alkanes) is 1. The van der Waals surface area contributed by atoms with Gasteiger partial charge in [-0.2, -0.15) is 0 Å². The molecule has 0 saturated heterocycles. The quantitative estimate of drug-likeness (QED) is 0.506. The van der Waals surface area contributed by atoms with E-state index in [0.29, 0.717) is 40.4 Å². The van der Waals surface area contributed by atoms with E-state index in [1.165, 1.54) is 38.5 Å². The van der Waals surface area contributed by atoms with Crippen molar-refractivity contribution in [1.29, 1.82) is 0 Å². The number of nitrogens with two attached hydrogens (primary N) is 1. The monoisotopic (exact) mass is 419 g/mol. The third-order valence-corrected chi connectivity index (χ3v) is 11.3. The second kappa shape index (κ2) is 8.67. The molecule has 0 aliphatic heterocycles.